The predicted octanol–water partition coefficient (Wildman–Crippen LogP) is 0.977. The number of H-pyrrole nitrogens is 1. The maximum Gasteiger partial charge on any atom is 0.326 e. The van der Waals surface area contributed by atoms with Crippen LogP contribution in [0.25, 0.3) is 0 Å². The summed E-state index contributed by atoms with van der Waals surface area (Å²) >= 11 is 0. The molecule has 0 unspecified atom stereocenters. The molecule has 1 aromatic carbocycles. The van der Waals surface area contributed by atoms with Gasteiger partial charge in [-0.15, -0.1) is 0 Å². The van der Waals surface area contributed by atoms with Gasteiger partial charge in [0.05, 0.1) is 6.54 Å². The van der Waals surface area contributed by atoms with Crippen molar-refractivity contribution in [3.63, 3.8) is 0 Å². The van der Waals surface area contributed by atoms with E-state index in [2.05, 4.69) is 19.9 Å². The van der Waals surface area contributed by atoms with Crippen LogP contribution < -0.4 is 10.6 Å². The quantitative estimate of drug-likeness (QED) is 0.746. The molecule has 1 aliphatic heterocycles. The summed E-state index contributed by atoms with van der Waals surface area (Å²) in [5, 5.41) is 0. The van der Waals surface area contributed by atoms with Gasteiger partial charge < -0.3 is 14.8 Å². The number of benzene rings is 1. The third kappa shape index (κ3) is 3.59. The Morgan fingerprint density at radius 1 is 1.00 bits per heavy atom. The minimum absolute atomic E-state index is 0.141. The van der Waals surface area contributed by atoms with Gasteiger partial charge in [-0.1, -0.05) is 30.3 Å². The van der Waals surface area contributed by atoms with Gasteiger partial charge in [0.15, 0.2) is 0 Å². The van der Waals surface area contributed by atoms with E-state index in [9.17, 15) is 9.59 Å². The Labute approximate surface area is 156 Å². The second-order valence-corrected chi connectivity index (χ2v) is 6.38. The number of nitrogens with zero attached hydrogens (tertiary/aromatic N) is 5. The van der Waals surface area contributed by atoms with Crippen LogP contribution in [0.15, 0.2) is 59.8 Å². The van der Waals surface area contributed by atoms with Crippen molar-refractivity contribution in [2.75, 3.05) is 31.1 Å². The third-order valence-corrected chi connectivity index (χ3v) is 4.67. The summed E-state index contributed by atoms with van der Waals surface area (Å²) in [7, 11) is 0. The van der Waals surface area contributed by atoms with Gasteiger partial charge in [0.25, 0.3) is 5.91 Å². The number of hydrogen-bond donors (Lipinski definition) is 1. The molecule has 1 amide bonds. The van der Waals surface area contributed by atoms with E-state index in [0.29, 0.717) is 44.4 Å². The summed E-state index contributed by atoms with van der Waals surface area (Å²) in [6.45, 7) is 2.79. The standard InChI is InChI=1S/C19H20N6O2/c26-17(23-9-11-24(12-10-23)18-20-7-4-8-21-18)16-13-22-19(27)25(16)14-15-5-2-1-3-6-15/h1-8,13H,9-12,14H2,(H,22,27). The Morgan fingerprint density at radius 3 is 2.41 bits per heavy atom. The van der Waals surface area contributed by atoms with E-state index >= 15 is 0 Å². The molecule has 8 nitrogen and oxygen atoms in total. The normalized spacial score (nSPS) is 14.4. The SMILES string of the molecule is O=C(c1c[nH]c(=O)n1Cc1ccccc1)N1CCN(c2ncccn2)CC1. The summed E-state index contributed by atoms with van der Waals surface area (Å²) in [6, 6.07) is 11.4. The molecule has 0 atom stereocenters. The number of rotatable bonds is 4. The summed E-state index contributed by atoms with van der Waals surface area (Å²) in [5.41, 5.74) is 1.08. The van der Waals surface area contributed by atoms with Gasteiger partial charge in [-0.3, -0.25) is 9.36 Å². The van der Waals surface area contributed by atoms with Gasteiger partial charge in [-0.05, 0) is 11.6 Å². The van der Waals surface area contributed by atoms with Gasteiger partial charge in [-0.2, -0.15) is 0 Å². The molecule has 3 heterocycles. The highest BCUT2D eigenvalue weighted by Gasteiger charge is 2.26. The van der Waals surface area contributed by atoms with Crippen LogP contribution in [0.2, 0.25) is 0 Å². The molecule has 0 spiro atoms. The first-order valence-corrected chi connectivity index (χ1v) is 8.86. The van der Waals surface area contributed by atoms with Crippen molar-refractivity contribution in [3.8, 4) is 0 Å². The van der Waals surface area contributed by atoms with Crippen LogP contribution in [0, 0.1) is 0 Å². The van der Waals surface area contributed by atoms with Crippen LogP contribution in [0.4, 0.5) is 5.95 Å². The van der Waals surface area contributed by atoms with Crippen LogP contribution in [0.3, 0.4) is 0 Å². The van der Waals surface area contributed by atoms with E-state index in [1.165, 1.54) is 10.8 Å². The zero-order valence-electron chi connectivity index (χ0n) is 14.8. The molecule has 2 aromatic heterocycles. The van der Waals surface area contributed by atoms with E-state index in [1.54, 1.807) is 23.4 Å². The second kappa shape index (κ2) is 7.45. The Morgan fingerprint density at radius 2 is 1.70 bits per heavy atom. The number of amides is 1. The molecule has 0 radical (unpaired) electrons. The van der Waals surface area contributed by atoms with Gasteiger partial charge in [0.2, 0.25) is 5.95 Å². The van der Waals surface area contributed by atoms with E-state index < -0.39 is 0 Å². The number of carbonyl (C=O) groups is 1. The molecule has 1 saturated heterocycles. The molecule has 138 valence electrons. The monoisotopic (exact) mass is 364 g/mol. The predicted molar refractivity (Wildman–Crippen MR) is 101 cm³/mol. The zero-order valence-corrected chi connectivity index (χ0v) is 14.8. The molecule has 1 aliphatic rings. The van der Waals surface area contributed by atoms with Crippen LogP contribution in [0.5, 0.6) is 0 Å². The topological polar surface area (TPSA) is 87.1 Å². The van der Waals surface area contributed by atoms with Crippen LogP contribution >= 0.6 is 0 Å². The number of aromatic amines is 1. The molecular weight excluding hydrogens is 344 g/mol. The summed E-state index contributed by atoms with van der Waals surface area (Å²) < 4.78 is 1.49. The van der Waals surface area contributed by atoms with Gasteiger partial charge in [-0.25, -0.2) is 14.8 Å². The highest BCUT2D eigenvalue weighted by molar-refractivity contribution is 5.92. The highest BCUT2D eigenvalue weighted by Crippen LogP contribution is 2.13. The number of anilines is 1. The largest absolute Gasteiger partial charge is 0.337 e. The molecule has 27 heavy (non-hydrogen) atoms. The highest BCUT2D eigenvalue weighted by atomic mass is 16.2. The number of aromatic nitrogens is 4. The first-order chi connectivity index (χ1) is 13.2. The molecule has 8 heteroatoms. The maximum atomic E-state index is 13.0. The number of piperazine rings is 1. The van der Waals surface area contributed by atoms with Crippen molar-refractivity contribution < 1.29 is 4.79 Å². The van der Waals surface area contributed by atoms with Crippen molar-refractivity contribution in [2.45, 2.75) is 6.54 Å². The molecule has 1 N–H and O–H groups in total. The smallest absolute Gasteiger partial charge is 0.326 e. The van der Waals surface area contributed by atoms with E-state index in [4.69, 9.17) is 0 Å². The van der Waals surface area contributed by atoms with Crippen molar-refractivity contribution in [1.82, 2.24) is 24.4 Å². The lowest BCUT2D eigenvalue weighted by Crippen LogP contribution is -2.49. The minimum Gasteiger partial charge on any atom is -0.337 e. The lowest BCUT2D eigenvalue weighted by molar-refractivity contribution is 0.0735. The van der Waals surface area contributed by atoms with E-state index in [-0.39, 0.29) is 11.6 Å². The van der Waals surface area contributed by atoms with Crippen molar-refractivity contribution in [2.24, 2.45) is 0 Å². The fourth-order valence-electron chi connectivity index (χ4n) is 3.22. The second-order valence-electron chi connectivity index (χ2n) is 6.38. The molecular formula is C19H20N6O2. The molecule has 1 fully saturated rings. The zero-order chi connectivity index (χ0) is 18.6. The Hall–Kier alpha value is -3.42. The van der Waals surface area contributed by atoms with Gasteiger partial charge >= 0.3 is 5.69 Å². The lowest BCUT2D eigenvalue weighted by Gasteiger charge is -2.34. The van der Waals surface area contributed by atoms with Crippen LogP contribution in [-0.2, 0) is 6.54 Å². The van der Waals surface area contributed by atoms with Crippen molar-refractivity contribution in [1.29, 1.82) is 0 Å². The van der Waals surface area contributed by atoms with Crippen molar-refractivity contribution in [3.05, 3.63) is 76.7 Å². The molecule has 4 rings (SSSR count). The van der Waals surface area contributed by atoms with Gasteiger partial charge in [0.1, 0.15) is 5.69 Å². The minimum atomic E-state index is -0.279. The van der Waals surface area contributed by atoms with Crippen LogP contribution in [0.1, 0.15) is 16.1 Å². The summed E-state index contributed by atoms with van der Waals surface area (Å²) in [5.74, 6) is 0.533. The number of imidazole rings is 1. The summed E-state index contributed by atoms with van der Waals surface area (Å²) in [4.78, 5) is 40.1. The molecule has 0 bridgehead atoms. The molecule has 3 aromatic rings. The third-order valence-electron chi connectivity index (χ3n) is 4.67. The Balaban J connectivity index is 1.47. The number of nitrogens with one attached hydrogen (secondary N) is 1. The molecule has 0 saturated carbocycles. The van der Waals surface area contributed by atoms with Gasteiger partial charge in [0, 0.05) is 44.8 Å². The summed E-state index contributed by atoms with van der Waals surface area (Å²) in [6.07, 6.45) is 4.92. The fraction of sp³-hybridized carbons (Fsp3) is 0.263. The fourth-order valence-corrected chi connectivity index (χ4v) is 3.22. The Kier molecular flexibility index (Phi) is 4.69. The van der Waals surface area contributed by atoms with E-state index in [1.807, 2.05) is 30.3 Å². The lowest BCUT2D eigenvalue weighted by atomic mass is 10.2. The average molecular weight is 364 g/mol. The average Bonchev–Trinajstić information content (AvgIpc) is 3.09. The maximum absolute atomic E-state index is 13.0. The Bertz CT molecular complexity index is 959. The first kappa shape index (κ1) is 17.0. The number of hydrogen-bond acceptors (Lipinski definition) is 5. The van der Waals surface area contributed by atoms with E-state index in [0.717, 1.165) is 5.56 Å². The van der Waals surface area contributed by atoms with Crippen LogP contribution in [-0.4, -0.2) is 56.5 Å². The number of carbonyl (C=O) groups excluding carboxylic acids is 1. The first-order valence-electron chi connectivity index (χ1n) is 8.86. The van der Waals surface area contributed by atoms with Crippen molar-refractivity contribution >= 4 is 11.9 Å². The molecule has 0 aliphatic carbocycles.